The molecule has 0 saturated carbocycles. The van der Waals surface area contributed by atoms with Gasteiger partial charge in [0.1, 0.15) is 5.78 Å². The molecule has 0 aliphatic heterocycles. The number of carbonyl (C=O) groups excluding carboxylic acids is 1. The van der Waals surface area contributed by atoms with Gasteiger partial charge in [0.05, 0.1) is 4.83 Å². The predicted octanol–water partition coefficient (Wildman–Crippen LogP) is 3.60. The zero-order valence-electron chi connectivity index (χ0n) is 6.92. The predicted molar refractivity (Wildman–Crippen MR) is 68.8 cm³/mol. The van der Waals surface area contributed by atoms with Crippen LogP contribution in [-0.4, -0.2) is 5.78 Å². The molecule has 0 aliphatic carbocycles. The highest BCUT2D eigenvalue weighted by atomic mass is 127. The number of benzene rings is 1. The molecule has 0 spiro atoms. The van der Waals surface area contributed by atoms with Crippen molar-refractivity contribution in [2.75, 3.05) is 0 Å². The van der Waals surface area contributed by atoms with Crippen LogP contribution in [0.4, 0.5) is 0 Å². The highest BCUT2D eigenvalue weighted by Gasteiger charge is 2.16. The molecule has 13 heavy (non-hydrogen) atoms. The molecule has 0 fully saturated rings. The maximum absolute atomic E-state index is 11.1. The number of ketones is 1. The van der Waals surface area contributed by atoms with Gasteiger partial charge in [-0.15, -0.1) is 12.6 Å². The molecule has 0 aliphatic rings. The summed E-state index contributed by atoms with van der Waals surface area (Å²) in [5.74, 6) is 0.108. The van der Waals surface area contributed by atoms with Gasteiger partial charge in [0.15, 0.2) is 0 Å². The van der Waals surface area contributed by atoms with Crippen molar-refractivity contribution in [1.29, 1.82) is 0 Å². The molecule has 0 N–H and O–H groups in total. The lowest BCUT2D eigenvalue weighted by Crippen LogP contribution is -2.03. The fraction of sp³-hybridized carbons (Fsp3) is 0.222. The minimum Gasteiger partial charge on any atom is -0.298 e. The molecule has 0 saturated heterocycles. The molecule has 1 rings (SSSR count). The number of thiol groups is 1. The first-order chi connectivity index (χ1) is 6.04. The van der Waals surface area contributed by atoms with Gasteiger partial charge >= 0.3 is 0 Å². The van der Waals surface area contributed by atoms with Crippen molar-refractivity contribution in [1.82, 2.24) is 0 Å². The molecular formula is C9H8BrIOS. The third-order valence-electron chi connectivity index (χ3n) is 1.64. The summed E-state index contributed by atoms with van der Waals surface area (Å²) >= 11 is 9.83. The molecule has 1 aromatic carbocycles. The van der Waals surface area contributed by atoms with Crippen molar-refractivity contribution in [2.45, 2.75) is 16.6 Å². The Hall–Kier alpha value is 0.450. The van der Waals surface area contributed by atoms with E-state index in [1.54, 1.807) is 6.92 Å². The third-order valence-corrected chi connectivity index (χ3v) is 4.78. The molecule has 0 heterocycles. The topological polar surface area (TPSA) is 17.1 Å². The van der Waals surface area contributed by atoms with Gasteiger partial charge in [-0.3, -0.25) is 4.79 Å². The average molecular weight is 371 g/mol. The Morgan fingerprint density at radius 3 is 2.77 bits per heavy atom. The van der Waals surface area contributed by atoms with Gasteiger partial charge in [-0.2, -0.15) is 0 Å². The van der Waals surface area contributed by atoms with Crippen LogP contribution in [0.2, 0.25) is 0 Å². The monoisotopic (exact) mass is 370 g/mol. The second kappa shape index (κ2) is 4.79. The fourth-order valence-corrected chi connectivity index (χ4v) is 2.65. The highest BCUT2D eigenvalue weighted by Crippen LogP contribution is 2.31. The zero-order valence-corrected chi connectivity index (χ0v) is 11.6. The van der Waals surface area contributed by atoms with Gasteiger partial charge in [-0.05, 0) is 41.1 Å². The van der Waals surface area contributed by atoms with Crippen LogP contribution in [-0.2, 0) is 4.79 Å². The Labute approximate surface area is 105 Å². The van der Waals surface area contributed by atoms with Crippen LogP contribution in [0.3, 0.4) is 0 Å². The van der Waals surface area contributed by atoms with Crippen LogP contribution in [0.1, 0.15) is 17.3 Å². The van der Waals surface area contributed by atoms with E-state index in [0.29, 0.717) is 0 Å². The Kier molecular flexibility index (Phi) is 4.25. The van der Waals surface area contributed by atoms with E-state index < -0.39 is 0 Å². The second-order valence-electron chi connectivity index (χ2n) is 2.65. The number of halogens is 2. The molecule has 0 radical (unpaired) electrons. The third kappa shape index (κ3) is 2.70. The number of Topliss-reactive ketones (excluding diaryl/α,β-unsaturated/α-hetero) is 1. The maximum Gasteiger partial charge on any atom is 0.147 e. The summed E-state index contributed by atoms with van der Waals surface area (Å²) < 4.78 is 1.03. The van der Waals surface area contributed by atoms with Gasteiger partial charge in [0.25, 0.3) is 0 Å². The molecule has 0 amide bonds. The second-order valence-corrected chi connectivity index (χ2v) is 5.13. The van der Waals surface area contributed by atoms with Crippen molar-refractivity contribution in [3.05, 3.63) is 27.3 Å². The molecule has 0 aromatic heterocycles. The SMILES string of the molecule is CC(=O)C(Br)c1cccc(S)c1I. The van der Waals surface area contributed by atoms with Gasteiger partial charge in [-0.1, -0.05) is 28.1 Å². The summed E-state index contributed by atoms with van der Waals surface area (Å²) in [6.45, 7) is 1.57. The molecule has 0 bridgehead atoms. The first kappa shape index (κ1) is 11.5. The lowest BCUT2D eigenvalue weighted by molar-refractivity contribution is -0.116. The Morgan fingerprint density at radius 1 is 1.62 bits per heavy atom. The van der Waals surface area contributed by atoms with Crippen molar-refractivity contribution in [3.63, 3.8) is 0 Å². The fourth-order valence-electron chi connectivity index (χ4n) is 0.952. The summed E-state index contributed by atoms with van der Waals surface area (Å²) in [5.41, 5.74) is 0.987. The van der Waals surface area contributed by atoms with Crippen LogP contribution in [0.25, 0.3) is 0 Å². The largest absolute Gasteiger partial charge is 0.298 e. The number of rotatable bonds is 2. The summed E-state index contributed by atoms with van der Waals surface area (Å²) in [6, 6.07) is 5.74. The van der Waals surface area contributed by atoms with E-state index in [1.807, 2.05) is 18.2 Å². The van der Waals surface area contributed by atoms with Crippen molar-refractivity contribution in [3.8, 4) is 0 Å². The lowest BCUT2D eigenvalue weighted by Gasteiger charge is -2.09. The molecule has 1 unspecified atom stereocenters. The van der Waals surface area contributed by atoms with Gasteiger partial charge in [0.2, 0.25) is 0 Å². The molecule has 4 heteroatoms. The van der Waals surface area contributed by atoms with Gasteiger partial charge < -0.3 is 0 Å². The van der Waals surface area contributed by atoms with Gasteiger partial charge in [0, 0.05) is 8.47 Å². The molecular weight excluding hydrogens is 363 g/mol. The standard InChI is InChI=1S/C9H8BrIOS/c1-5(12)8(10)6-3-2-4-7(13)9(6)11/h2-4,8,13H,1H3. The van der Waals surface area contributed by atoms with Crippen LogP contribution in [0, 0.1) is 3.57 Å². The van der Waals surface area contributed by atoms with E-state index in [-0.39, 0.29) is 10.6 Å². The normalized spacial score (nSPS) is 12.6. The Bertz CT molecular complexity index is 340. The molecule has 1 atom stereocenters. The summed E-state index contributed by atoms with van der Waals surface area (Å²) in [4.78, 5) is 11.8. The van der Waals surface area contributed by atoms with Crippen molar-refractivity contribution in [2.24, 2.45) is 0 Å². The Balaban J connectivity index is 3.15. The number of hydrogen-bond donors (Lipinski definition) is 1. The smallest absolute Gasteiger partial charge is 0.147 e. The minimum atomic E-state index is -0.216. The van der Waals surface area contributed by atoms with E-state index in [1.165, 1.54) is 0 Å². The number of alkyl halides is 1. The summed E-state index contributed by atoms with van der Waals surface area (Å²) in [5, 5.41) is 0. The highest BCUT2D eigenvalue weighted by molar-refractivity contribution is 14.1. The first-order valence-corrected chi connectivity index (χ1v) is 6.10. The van der Waals surface area contributed by atoms with E-state index >= 15 is 0 Å². The van der Waals surface area contributed by atoms with Crippen LogP contribution in [0.15, 0.2) is 23.1 Å². The van der Waals surface area contributed by atoms with E-state index in [4.69, 9.17) is 0 Å². The molecule has 1 nitrogen and oxygen atoms in total. The van der Waals surface area contributed by atoms with E-state index in [9.17, 15) is 4.79 Å². The molecule has 1 aromatic rings. The van der Waals surface area contributed by atoms with E-state index in [0.717, 1.165) is 14.0 Å². The van der Waals surface area contributed by atoms with Crippen LogP contribution in [0.5, 0.6) is 0 Å². The zero-order chi connectivity index (χ0) is 10.0. The van der Waals surface area contributed by atoms with Crippen LogP contribution >= 0.6 is 51.1 Å². The lowest BCUT2D eigenvalue weighted by atomic mass is 10.1. The van der Waals surface area contributed by atoms with Crippen molar-refractivity contribution >= 4 is 56.9 Å². The van der Waals surface area contributed by atoms with E-state index in [2.05, 4.69) is 51.1 Å². The quantitative estimate of drug-likeness (QED) is 0.478. The number of hydrogen-bond acceptors (Lipinski definition) is 2. The average Bonchev–Trinajstić information content (AvgIpc) is 2.08. The van der Waals surface area contributed by atoms with Crippen LogP contribution < -0.4 is 0 Å². The number of carbonyl (C=O) groups is 1. The molecule has 70 valence electrons. The summed E-state index contributed by atoms with van der Waals surface area (Å²) in [6.07, 6.45) is 0. The maximum atomic E-state index is 11.1. The first-order valence-electron chi connectivity index (χ1n) is 3.66. The minimum absolute atomic E-state index is 0.108. The van der Waals surface area contributed by atoms with Gasteiger partial charge in [-0.25, -0.2) is 0 Å². The summed E-state index contributed by atoms with van der Waals surface area (Å²) in [7, 11) is 0. The van der Waals surface area contributed by atoms with Crippen molar-refractivity contribution < 1.29 is 4.79 Å². The Morgan fingerprint density at radius 2 is 2.23 bits per heavy atom.